The minimum atomic E-state index is 0. The third-order valence-electron chi connectivity index (χ3n) is 18.4. The fraction of sp³-hybridized carbons (Fsp3) is 0.0777. The Balaban J connectivity index is 0.000000178. The number of aromatic nitrogens is 4. The molecule has 4 aromatic heterocycles. The predicted molar refractivity (Wildman–Crippen MR) is 474 cm³/mol. The molecule has 18 rings (SSSR count). The van der Waals surface area contributed by atoms with Gasteiger partial charge in [0.05, 0.1) is 72.8 Å². The van der Waals surface area contributed by atoms with Crippen LogP contribution >= 0.6 is 0 Å². The molecule has 6 N–H and O–H groups in total. The predicted octanol–water partition coefficient (Wildman–Crippen LogP) is 25.9. The van der Waals surface area contributed by atoms with E-state index in [1.807, 2.05) is 91.1 Å². The van der Waals surface area contributed by atoms with Crippen molar-refractivity contribution in [2.24, 2.45) is 0 Å². The van der Waals surface area contributed by atoms with Crippen LogP contribution in [0.25, 0.3) is 153 Å². The molecule has 14 aromatic carbocycles. The van der Waals surface area contributed by atoms with E-state index in [0.717, 1.165) is 67.0 Å². The van der Waals surface area contributed by atoms with Gasteiger partial charge in [-0.25, -0.2) is 0 Å². The van der Waals surface area contributed by atoms with Crippen molar-refractivity contribution in [3.05, 3.63) is 386 Å². The van der Waals surface area contributed by atoms with Crippen molar-refractivity contribution < 1.29 is 110 Å². The van der Waals surface area contributed by atoms with Crippen molar-refractivity contribution in [2.45, 2.75) is 55.4 Å². The summed E-state index contributed by atoms with van der Waals surface area (Å²) >= 11 is 0. The molecule has 0 unspecified atom stereocenters. The molecule has 0 spiro atoms. The molecule has 0 aliphatic carbocycles. The van der Waals surface area contributed by atoms with Gasteiger partial charge >= 0.3 is 17.3 Å². The number of benzene rings is 14. The first-order valence-corrected chi connectivity index (χ1v) is 37.1. The number of pyridine rings is 4. The number of carbonyl (C=O) groups excluding carboxylic acids is 3. The summed E-state index contributed by atoms with van der Waals surface area (Å²) in [6, 6.07) is 120. The molecule has 18 aromatic rings. The molecule has 0 fully saturated rings. The van der Waals surface area contributed by atoms with Gasteiger partial charge in [-0.1, -0.05) is 207 Å². The Morgan fingerprint density at radius 1 is 0.291 bits per heavy atom. The first-order chi connectivity index (χ1) is 54.8. The van der Waals surface area contributed by atoms with Gasteiger partial charge in [0.25, 0.3) is 0 Å². The van der Waals surface area contributed by atoms with Crippen molar-refractivity contribution in [1.82, 2.24) is 19.9 Å². The zero-order valence-corrected chi connectivity index (χ0v) is 75.1. The molecular formula is C103H85Ir4N4O6-. The number of aliphatic hydroxyl groups is 3. The largest absolute Gasteiger partial charge is 0.512 e. The van der Waals surface area contributed by atoms with Gasteiger partial charge in [0.2, 0.25) is 0 Å². The van der Waals surface area contributed by atoms with Gasteiger partial charge in [-0.05, 0) is 150 Å². The van der Waals surface area contributed by atoms with Gasteiger partial charge in [-0.2, -0.15) is 0 Å². The molecule has 0 atom stereocenters. The molecule has 0 aliphatic heterocycles. The number of hydrogen-bond donors (Lipinski definition) is 3. The number of fused-ring (bicyclic) bond motifs is 14. The molecule has 0 saturated heterocycles. The summed E-state index contributed by atoms with van der Waals surface area (Å²) in [5.41, 5.74) is 16.0. The average Bonchev–Trinajstić information content (AvgIpc) is 0.763. The smallest absolute Gasteiger partial charge is 0.316 e. The topological polar surface area (TPSA) is 176 Å². The maximum absolute atomic E-state index is 8.40. The second kappa shape index (κ2) is 43.8. The van der Waals surface area contributed by atoms with Crippen LogP contribution in [-0.4, -0.2) is 67.0 Å². The number of aliphatic hydroxyl groups excluding tert-OH is 3. The fourth-order valence-electron chi connectivity index (χ4n) is 13.3. The number of hydrogen-bond acceptors (Lipinski definition) is 7. The molecule has 4 radical (unpaired) electrons. The van der Waals surface area contributed by atoms with E-state index in [1.165, 1.54) is 157 Å². The number of rotatable bonds is 8. The van der Waals surface area contributed by atoms with Crippen LogP contribution < -0.4 is 0 Å². The molecule has 0 saturated carbocycles. The molecule has 10 nitrogen and oxygen atoms in total. The van der Waals surface area contributed by atoms with Gasteiger partial charge in [-0.15, -0.1) is 143 Å². The van der Waals surface area contributed by atoms with Gasteiger partial charge in [-0.3, -0.25) is 29.3 Å². The third kappa shape index (κ3) is 24.2. The zero-order valence-electron chi connectivity index (χ0n) is 65.6. The number of aryl methyl sites for hydroxylation is 2. The van der Waals surface area contributed by atoms with Crippen molar-refractivity contribution in [3.63, 3.8) is 0 Å². The minimum Gasteiger partial charge on any atom is -0.512 e. The van der Waals surface area contributed by atoms with Crippen LogP contribution in [0.2, 0.25) is 0 Å². The molecule has 590 valence electrons. The first kappa shape index (κ1) is 90.8. The Labute approximate surface area is 736 Å². The normalized spacial score (nSPS) is 10.8. The van der Waals surface area contributed by atoms with Crippen LogP contribution in [0.1, 0.15) is 52.7 Å². The van der Waals surface area contributed by atoms with E-state index in [1.54, 1.807) is 0 Å². The van der Waals surface area contributed by atoms with E-state index in [4.69, 9.17) is 44.7 Å². The summed E-state index contributed by atoms with van der Waals surface area (Å²) in [5.74, 6) is 0.750. The first-order valence-electron chi connectivity index (χ1n) is 37.1. The van der Waals surface area contributed by atoms with Crippen LogP contribution in [0.5, 0.6) is 0 Å². The van der Waals surface area contributed by atoms with E-state index in [0.29, 0.717) is 0 Å². The molecule has 0 aliphatic rings. The summed E-state index contributed by atoms with van der Waals surface area (Å²) < 4.78 is 0. The Hall–Kier alpha value is -11.8. The maximum atomic E-state index is 8.40. The van der Waals surface area contributed by atoms with Crippen LogP contribution in [0.4, 0.5) is 0 Å². The molecule has 14 heteroatoms. The summed E-state index contributed by atoms with van der Waals surface area (Å²) in [6.45, 7) is 13.2. The summed E-state index contributed by atoms with van der Waals surface area (Å²) in [5, 5.41) is 43.8. The van der Waals surface area contributed by atoms with Crippen molar-refractivity contribution in [3.8, 4) is 56.2 Å². The van der Waals surface area contributed by atoms with E-state index in [9.17, 15) is 0 Å². The van der Waals surface area contributed by atoms with Gasteiger partial charge in [0.15, 0.2) is 0 Å². The van der Waals surface area contributed by atoms with Crippen LogP contribution in [0, 0.1) is 38.1 Å². The number of allylic oxidation sites excluding steroid dienone is 6. The van der Waals surface area contributed by atoms with Gasteiger partial charge in [0, 0.05) is 103 Å². The Morgan fingerprint density at radius 3 is 1.13 bits per heavy atom. The van der Waals surface area contributed by atoms with Crippen LogP contribution in [-0.2, 0) is 80.4 Å². The average molecular weight is 2240 g/mol. The minimum absolute atomic E-state index is 0. The molecular weight excluding hydrogens is 2160 g/mol. The van der Waals surface area contributed by atoms with E-state index >= 15 is 0 Å². The fourth-order valence-corrected chi connectivity index (χ4v) is 13.3. The van der Waals surface area contributed by atoms with Gasteiger partial charge < -0.3 is 20.3 Å². The van der Waals surface area contributed by atoms with Crippen molar-refractivity contribution in [1.29, 1.82) is 0 Å². The van der Waals surface area contributed by atoms with Crippen molar-refractivity contribution >= 4 is 115 Å². The van der Waals surface area contributed by atoms with E-state index in [-0.39, 0.29) is 115 Å². The SMILES string of the molecule is CC(=[OH+])C=C(C)O.CC(=[OH+])C=C(C)O.CC(=[OH+])C=C(C)O.Cc1ccc2ccc3nc(-c4[c-]cccc4)ccc3c2c1.Cc1ccc[c-]c1-c1ccc2c(ccc3ccccc32)n1.[Ir].[Ir].[Ir].[Ir].[c-]1ccccc1-c1cc2c(ccc3c4ccccc4ccc23)cn1.[c-]1ccccc1-c1ccc2c(ccc3ccc(-c4ccccc4)cc32)n1. The maximum Gasteiger partial charge on any atom is 0.316 e. The monoisotopic (exact) mass is 2250 g/mol. The van der Waals surface area contributed by atoms with E-state index in [2.05, 4.69) is 268 Å². The standard InChI is InChI=1S/C25H16N.C23H14N.2C20H14N.3C5H8O2.4Ir/c1-3-7-18(8-4-1)21-12-11-19-13-15-25-22(23(19)17-21)14-16-24(26-25)20-9-5-2-6-10-20;1-2-7-17(8-3-1)23-14-22-18(15-24-23)11-13-20-19-9-5-4-6-16(19)10-12-21(20)22;1-14-6-2-4-8-16(14)19-13-11-18-17-9-5-3-7-15(17)10-12-20(18)21-19;1-14-7-8-15-9-11-20-17(18(15)13-14)10-12-19(21-20)16-5-3-2-4-6-16;3*1-4(6)3-5(2)7;;;;/h1-9,11-17H;1-7,9-15H;2-7,9-13H,1H3;2-5,7-13H,1H3;3*3,6H,1-2H3;;;;/q4*-1;;;;;;;/p+3. The number of nitrogens with zero attached hydrogens (tertiary/aromatic N) is 4. The summed E-state index contributed by atoms with van der Waals surface area (Å²) in [4.78, 5) is 44.3. The summed E-state index contributed by atoms with van der Waals surface area (Å²) in [7, 11) is 0. The molecule has 4 heterocycles. The molecule has 0 bridgehead atoms. The molecule has 0 amide bonds. The van der Waals surface area contributed by atoms with Crippen molar-refractivity contribution in [2.75, 3.05) is 0 Å². The zero-order chi connectivity index (χ0) is 79.3. The Morgan fingerprint density at radius 2 is 0.658 bits per heavy atom. The Bertz CT molecular complexity index is 6510. The van der Waals surface area contributed by atoms with E-state index < -0.39 is 0 Å². The Kier molecular flexibility index (Phi) is 34.0. The quantitative estimate of drug-likeness (QED) is 0.0446. The van der Waals surface area contributed by atoms with Crippen LogP contribution in [0.3, 0.4) is 0 Å². The van der Waals surface area contributed by atoms with Gasteiger partial charge in [0.1, 0.15) is 0 Å². The number of ketones is 3. The third-order valence-corrected chi connectivity index (χ3v) is 18.4. The van der Waals surface area contributed by atoms with Crippen LogP contribution in [0.15, 0.2) is 351 Å². The summed E-state index contributed by atoms with van der Waals surface area (Å²) in [6.07, 6.45) is 5.79. The second-order valence-corrected chi connectivity index (χ2v) is 27.3. The second-order valence-electron chi connectivity index (χ2n) is 27.3. The molecule has 117 heavy (non-hydrogen) atoms.